The Morgan fingerprint density at radius 3 is 2.46 bits per heavy atom. The fourth-order valence-electron chi connectivity index (χ4n) is 3.90. The highest BCUT2D eigenvalue weighted by Gasteiger charge is 2.22. The molecule has 2 aromatic carbocycles. The molecule has 0 aliphatic heterocycles. The van der Waals surface area contributed by atoms with Crippen LogP contribution in [0.3, 0.4) is 0 Å². The van der Waals surface area contributed by atoms with E-state index in [-0.39, 0.29) is 36.9 Å². The van der Waals surface area contributed by atoms with Crippen molar-refractivity contribution in [1.82, 2.24) is 24.8 Å². The number of hydrogen-bond donors (Lipinski definition) is 2. The van der Waals surface area contributed by atoms with Gasteiger partial charge in [0.1, 0.15) is 24.2 Å². The van der Waals surface area contributed by atoms with Gasteiger partial charge in [-0.25, -0.2) is 9.07 Å². The number of nitrogens with zero attached hydrogens (tertiary/aromatic N) is 3. The van der Waals surface area contributed by atoms with Crippen LogP contribution >= 0.6 is 11.6 Å². The van der Waals surface area contributed by atoms with Crippen LogP contribution in [0.4, 0.5) is 4.39 Å². The van der Waals surface area contributed by atoms with Gasteiger partial charge in [-0.3, -0.25) is 18.8 Å². The van der Waals surface area contributed by atoms with Crippen molar-refractivity contribution in [2.24, 2.45) is 0 Å². The number of aryl methyl sites for hydroxylation is 2. The number of carbonyl (C=O) groups excluding carboxylic acids is 2. The molecule has 0 unspecified atom stereocenters. The molecule has 2 amide bonds. The second kappa shape index (κ2) is 10.1. The zero-order valence-corrected chi connectivity index (χ0v) is 19.9. The maximum absolute atomic E-state index is 13.1. The predicted molar refractivity (Wildman–Crippen MR) is 130 cm³/mol. The Kier molecular flexibility index (Phi) is 6.97. The first-order valence-corrected chi connectivity index (χ1v) is 11.2. The number of nitrogens with one attached hydrogen (secondary N) is 2. The Morgan fingerprint density at radius 2 is 1.74 bits per heavy atom. The molecule has 35 heavy (non-hydrogen) atoms. The molecule has 0 aliphatic rings. The molecule has 0 atom stereocenters. The molecule has 10 heteroatoms. The van der Waals surface area contributed by atoms with Crippen molar-refractivity contribution in [1.29, 1.82) is 0 Å². The third-order valence-corrected chi connectivity index (χ3v) is 6.13. The summed E-state index contributed by atoms with van der Waals surface area (Å²) in [6.07, 6.45) is 1.41. The van der Waals surface area contributed by atoms with Crippen molar-refractivity contribution in [2.45, 2.75) is 33.5 Å². The number of rotatable bonds is 7. The fourth-order valence-corrected chi connectivity index (χ4v) is 4.11. The smallest absolute Gasteiger partial charge is 0.291 e. The summed E-state index contributed by atoms with van der Waals surface area (Å²) in [5, 5.41) is 10.2. The van der Waals surface area contributed by atoms with Gasteiger partial charge in [-0.2, -0.15) is 5.10 Å². The minimum Gasteiger partial charge on any atom is -0.350 e. The van der Waals surface area contributed by atoms with Crippen LogP contribution in [-0.4, -0.2) is 26.0 Å². The molecule has 180 valence electrons. The summed E-state index contributed by atoms with van der Waals surface area (Å²) < 4.78 is 15.7. The third kappa shape index (κ3) is 5.09. The van der Waals surface area contributed by atoms with Gasteiger partial charge in [0.05, 0.1) is 5.56 Å². The molecule has 0 aliphatic carbocycles. The van der Waals surface area contributed by atoms with Gasteiger partial charge in [0.25, 0.3) is 11.5 Å². The van der Waals surface area contributed by atoms with Gasteiger partial charge < -0.3 is 10.6 Å². The maximum atomic E-state index is 13.1. The number of fused-ring (bicyclic) bond motifs is 1. The molecule has 0 saturated carbocycles. The quantitative estimate of drug-likeness (QED) is 0.411. The van der Waals surface area contributed by atoms with E-state index in [0.717, 1.165) is 15.8 Å². The summed E-state index contributed by atoms with van der Waals surface area (Å²) in [5.74, 6) is -1.12. The molecule has 0 saturated heterocycles. The highest BCUT2D eigenvalue weighted by Crippen LogP contribution is 2.20. The molecule has 2 heterocycles. The van der Waals surface area contributed by atoms with E-state index in [0.29, 0.717) is 21.8 Å². The van der Waals surface area contributed by atoms with Crippen LogP contribution in [-0.2, 0) is 24.4 Å². The van der Waals surface area contributed by atoms with E-state index in [1.807, 2.05) is 6.07 Å². The van der Waals surface area contributed by atoms with Gasteiger partial charge in [-0.05, 0) is 48.7 Å². The van der Waals surface area contributed by atoms with Crippen LogP contribution in [0.2, 0.25) is 5.02 Å². The number of amides is 2. The Morgan fingerprint density at radius 1 is 1.03 bits per heavy atom. The Bertz CT molecular complexity index is 1480. The van der Waals surface area contributed by atoms with Crippen molar-refractivity contribution >= 4 is 28.9 Å². The Balaban J connectivity index is 1.52. The summed E-state index contributed by atoms with van der Waals surface area (Å²) in [5.41, 5.74) is 2.66. The van der Waals surface area contributed by atoms with E-state index < -0.39 is 11.5 Å². The van der Waals surface area contributed by atoms with Gasteiger partial charge in [0.15, 0.2) is 0 Å². The molecule has 0 bridgehead atoms. The van der Waals surface area contributed by atoms with E-state index in [2.05, 4.69) is 15.7 Å². The van der Waals surface area contributed by atoms with E-state index in [1.165, 1.54) is 18.5 Å². The van der Waals surface area contributed by atoms with Gasteiger partial charge in [0, 0.05) is 23.8 Å². The van der Waals surface area contributed by atoms with Gasteiger partial charge in [-0.15, -0.1) is 0 Å². The molecule has 0 spiro atoms. The highest BCUT2D eigenvalue weighted by atomic mass is 35.5. The van der Waals surface area contributed by atoms with Crippen LogP contribution < -0.4 is 16.2 Å². The minimum absolute atomic E-state index is 0.207. The molecule has 4 aromatic rings. The van der Waals surface area contributed by atoms with E-state index >= 15 is 0 Å². The van der Waals surface area contributed by atoms with E-state index in [9.17, 15) is 18.8 Å². The summed E-state index contributed by atoms with van der Waals surface area (Å²) in [7, 11) is 0. The van der Waals surface area contributed by atoms with Crippen LogP contribution in [0.1, 0.15) is 32.7 Å². The first-order chi connectivity index (χ1) is 16.8. The topological polar surface area (TPSA) is 97.5 Å². The fraction of sp³-hybridized carbons (Fsp3) is 0.200. The average Bonchev–Trinajstić information content (AvgIpc) is 3.10. The zero-order chi connectivity index (χ0) is 25.1. The lowest BCUT2D eigenvalue weighted by Crippen LogP contribution is -2.34. The minimum atomic E-state index is -0.487. The average molecular weight is 496 g/mol. The lowest BCUT2D eigenvalue weighted by Gasteiger charge is -2.08. The largest absolute Gasteiger partial charge is 0.350 e. The molecule has 0 fully saturated rings. The molecular weight excluding hydrogens is 473 g/mol. The summed E-state index contributed by atoms with van der Waals surface area (Å²) in [6, 6.07) is 13.0. The number of carbonyl (C=O) groups is 2. The van der Waals surface area contributed by atoms with E-state index in [4.69, 9.17) is 11.6 Å². The summed E-state index contributed by atoms with van der Waals surface area (Å²) in [4.78, 5) is 38.5. The molecule has 8 nitrogen and oxygen atoms in total. The first-order valence-electron chi connectivity index (χ1n) is 10.9. The summed E-state index contributed by atoms with van der Waals surface area (Å²) >= 11 is 6.11. The lowest BCUT2D eigenvalue weighted by molar-refractivity contribution is -0.122. The molecule has 0 radical (unpaired) electrons. The van der Waals surface area contributed by atoms with Gasteiger partial charge in [0.2, 0.25) is 5.91 Å². The lowest BCUT2D eigenvalue weighted by atomic mass is 10.1. The SMILES string of the molecule is Cc1c(C(=O)NCc2ccc(F)cc2)c(C)n2cnn(CC(=O)NCc3ccccc3Cl)c(=O)c12. The van der Waals surface area contributed by atoms with Crippen molar-refractivity contribution < 1.29 is 14.0 Å². The number of aromatic nitrogens is 3. The maximum Gasteiger partial charge on any atom is 0.291 e. The number of benzene rings is 2. The normalized spacial score (nSPS) is 11.0. The Hall–Kier alpha value is -3.98. The van der Waals surface area contributed by atoms with Crippen molar-refractivity contribution in [3.8, 4) is 0 Å². The molecular formula is C25H23ClFN5O3. The standard InChI is InChI=1S/C25H23ClFN5O3/c1-15-22(24(34)29-11-17-7-9-19(27)10-8-17)16(2)31-14-30-32(25(35)23(15)31)13-21(33)28-12-18-5-3-4-6-20(18)26/h3-10,14H,11-13H2,1-2H3,(H,28,33)(H,29,34). The third-order valence-electron chi connectivity index (χ3n) is 5.76. The second-order valence-electron chi connectivity index (χ2n) is 8.08. The monoisotopic (exact) mass is 495 g/mol. The first kappa shape index (κ1) is 24.2. The molecule has 2 N–H and O–H groups in total. The van der Waals surface area contributed by atoms with Gasteiger partial charge >= 0.3 is 0 Å². The van der Waals surface area contributed by atoms with Crippen molar-refractivity contribution in [2.75, 3.05) is 0 Å². The molecule has 4 rings (SSSR count). The Labute approximate surface area is 205 Å². The van der Waals surface area contributed by atoms with Crippen molar-refractivity contribution in [3.63, 3.8) is 0 Å². The van der Waals surface area contributed by atoms with Gasteiger partial charge in [-0.1, -0.05) is 41.9 Å². The second-order valence-corrected chi connectivity index (χ2v) is 8.48. The number of hydrogen-bond acceptors (Lipinski definition) is 4. The van der Waals surface area contributed by atoms with Crippen LogP contribution in [0.5, 0.6) is 0 Å². The zero-order valence-electron chi connectivity index (χ0n) is 19.1. The molecule has 2 aromatic heterocycles. The number of halogens is 2. The van der Waals surface area contributed by atoms with Crippen LogP contribution in [0.15, 0.2) is 59.7 Å². The summed E-state index contributed by atoms with van der Waals surface area (Å²) in [6.45, 7) is 3.54. The highest BCUT2D eigenvalue weighted by molar-refractivity contribution is 6.31. The van der Waals surface area contributed by atoms with E-state index in [1.54, 1.807) is 48.6 Å². The predicted octanol–water partition coefficient (Wildman–Crippen LogP) is 3.15. The van der Waals surface area contributed by atoms with Crippen LogP contribution in [0, 0.1) is 19.7 Å². The van der Waals surface area contributed by atoms with Crippen molar-refractivity contribution in [3.05, 3.63) is 104 Å². The van der Waals surface area contributed by atoms with Crippen LogP contribution in [0.25, 0.3) is 5.52 Å².